The molecule has 3 aromatic carbocycles. The number of thiocarbonyl (C=S) groups is 1. The van der Waals surface area contributed by atoms with Gasteiger partial charge < -0.3 is 10.1 Å². The zero-order valence-electron chi connectivity index (χ0n) is 21.9. The zero-order chi connectivity index (χ0) is 27.7. The van der Waals surface area contributed by atoms with Crippen LogP contribution in [0.25, 0.3) is 0 Å². The maximum Gasteiger partial charge on any atom is 0.269 e. The van der Waals surface area contributed by atoms with Gasteiger partial charge in [-0.3, -0.25) is 30.6 Å². The van der Waals surface area contributed by atoms with Crippen LogP contribution in [-0.4, -0.2) is 29.4 Å². The highest BCUT2D eigenvalue weighted by molar-refractivity contribution is 7.80. The minimum Gasteiger partial charge on any atom is -0.494 e. The molecule has 0 spiro atoms. The molecule has 0 saturated heterocycles. The number of hydrogen-bond donors (Lipinski definition) is 4. The summed E-state index contributed by atoms with van der Waals surface area (Å²) in [6, 6.07) is 20.6. The summed E-state index contributed by atoms with van der Waals surface area (Å²) in [5.74, 6) is -0.559. The third-order valence-corrected chi connectivity index (χ3v) is 5.71. The first kappa shape index (κ1) is 28.3. The van der Waals surface area contributed by atoms with Crippen molar-refractivity contribution in [2.75, 3.05) is 11.9 Å². The SMILES string of the molecule is CCCOc1cccc(C(=O)NC(=S)NNC(=O)c2ccc(NC(=O)c3ccc(C(C)(C)C)cc3)cc2)c1. The molecule has 0 bridgehead atoms. The van der Waals surface area contributed by atoms with Crippen molar-refractivity contribution in [1.29, 1.82) is 0 Å². The molecule has 9 heteroatoms. The van der Waals surface area contributed by atoms with E-state index in [9.17, 15) is 14.4 Å². The van der Waals surface area contributed by atoms with Crippen molar-refractivity contribution in [3.8, 4) is 5.75 Å². The van der Waals surface area contributed by atoms with Gasteiger partial charge in [0.25, 0.3) is 17.7 Å². The molecule has 0 atom stereocenters. The van der Waals surface area contributed by atoms with Gasteiger partial charge in [-0.15, -0.1) is 0 Å². The van der Waals surface area contributed by atoms with E-state index >= 15 is 0 Å². The Kier molecular flexibility index (Phi) is 9.56. The molecule has 8 nitrogen and oxygen atoms in total. The summed E-state index contributed by atoms with van der Waals surface area (Å²) in [6.45, 7) is 8.89. The summed E-state index contributed by atoms with van der Waals surface area (Å²) in [6.07, 6.45) is 0.855. The van der Waals surface area contributed by atoms with Crippen LogP contribution >= 0.6 is 12.2 Å². The average Bonchev–Trinajstić information content (AvgIpc) is 2.90. The average molecular weight is 533 g/mol. The minimum atomic E-state index is -0.466. The van der Waals surface area contributed by atoms with Crippen LogP contribution in [0.3, 0.4) is 0 Å². The molecule has 0 radical (unpaired) electrons. The highest BCUT2D eigenvalue weighted by atomic mass is 32.1. The number of amides is 3. The second-order valence-electron chi connectivity index (χ2n) is 9.60. The Balaban J connectivity index is 1.49. The van der Waals surface area contributed by atoms with E-state index in [-0.39, 0.29) is 16.4 Å². The van der Waals surface area contributed by atoms with Crippen molar-refractivity contribution in [1.82, 2.24) is 16.2 Å². The van der Waals surface area contributed by atoms with Gasteiger partial charge in [-0.1, -0.05) is 45.9 Å². The molecule has 0 fully saturated rings. The summed E-state index contributed by atoms with van der Waals surface area (Å²) < 4.78 is 5.54. The molecule has 0 aliphatic heterocycles. The van der Waals surface area contributed by atoms with Crippen LogP contribution in [0.2, 0.25) is 0 Å². The maximum atomic E-state index is 12.6. The Bertz CT molecular complexity index is 1300. The molecule has 3 rings (SSSR count). The molecule has 4 N–H and O–H groups in total. The first-order chi connectivity index (χ1) is 18.1. The monoisotopic (exact) mass is 532 g/mol. The van der Waals surface area contributed by atoms with Gasteiger partial charge in [-0.2, -0.15) is 0 Å². The van der Waals surface area contributed by atoms with E-state index < -0.39 is 11.8 Å². The molecule has 0 heterocycles. The molecular formula is C29H32N4O4S. The predicted molar refractivity (Wildman–Crippen MR) is 152 cm³/mol. The Hall–Kier alpha value is -4.24. The van der Waals surface area contributed by atoms with Gasteiger partial charge in [-0.05, 0) is 84.2 Å². The van der Waals surface area contributed by atoms with Crippen LogP contribution in [-0.2, 0) is 5.41 Å². The summed E-state index contributed by atoms with van der Waals surface area (Å²) >= 11 is 5.11. The summed E-state index contributed by atoms with van der Waals surface area (Å²) in [4.78, 5) is 37.5. The smallest absolute Gasteiger partial charge is 0.269 e. The fraction of sp³-hybridized carbons (Fsp3) is 0.241. The standard InChI is InChI=1S/C29H32N4O4S/c1-5-17-37-24-8-6-7-21(18-24)26(35)31-28(38)33-32-27(36)20-11-15-23(16-12-20)30-25(34)19-9-13-22(14-10-19)29(2,3)4/h6-16,18H,5,17H2,1-4H3,(H,30,34)(H,32,36)(H2,31,33,35,38). The highest BCUT2D eigenvalue weighted by Crippen LogP contribution is 2.22. The van der Waals surface area contributed by atoms with Crippen molar-refractivity contribution in [2.24, 2.45) is 0 Å². The summed E-state index contributed by atoms with van der Waals surface area (Å²) in [5, 5.41) is 5.26. The number of benzene rings is 3. The number of anilines is 1. The number of hydrogen-bond acceptors (Lipinski definition) is 5. The molecule has 198 valence electrons. The lowest BCUT2D eigenvalue weighted by Crippen LogP contribution is -2.48. The van der Waals surface area contributed by atoms with Gasteiger partial charge in [0, 0.05) is 22.4 Å². The third-order valence-electron chi connectivity index (χ3n) is 5.50. The molecule has 0 aromatic heterocycles. The molecule has 0 aliphatic carbocycles. The normalized spacial score (nSPS) is 10.7. The number of ether oxygens (including phenoxy) is 1. The summed E-state index contributed by atoms with van der Waals surface area (Å²) in [5.41, 5.74) is 7.90. The van der Waals surface area contributed by atoms with E-state index in [0.717, 1.165) is 12.0 Å². The summed E-state index contributed by atoms with van der Waals surface area (Å²) in [7, 11) is 0. The third kappa shape index (κ3) is 8.14. The number of carbonyl (C=O) groups is 3. The molecule has 3 amide bonds. The van der Waals surface area contributed by atoms with E-state index in [2.05, 4.69) is 42.3 Å². The van der Waals surface area contributed by atoms with Crippen LogP contribution in [0, 0.1) is 0 Å². The van der Waals surface area contributed by atoms with Crippen molar-refractivity contribution < 1.29 is 19.1 Å². The van der Waals surface area contributed by atoms with Crippen LogP contribution in [0.4, 0.5) is 5.69 Å². The van der Waals surface area contributed by atoms with Crippen molar-refractivity contribution >= 4 is 40.7 Å². The van der Waals surface area contributed by atoms with E-state index in [4.69, 9.17) is 17.0 Å². The Morgan fingerprint density at radius 1 is 0.789 bits per heavy atom. The van der Waals surface area contributed by atoms with Gasteiger partial charge in [0.15, 0.2) is 5.11 Å². The second-order valence-corrected chi connectivity index (χ2v) is 10.0. The largest absolute Gasteiger partial charge is 0.494 e. The minimum absolute atomic E-state index is 0.00484. The maximum absolute atomic E-state index is 12.6. The fourth-order valence-corrected chi connectivity index (χ4v) is 3.51. The van der Waals surface area contributed by atoms with Gasteiger partial charge >= 0.3 is 0 Å². The van der Waals surface area contributed by atoms with E-state index in [1.807, 2.05) is 19.1 Å². The first-order valence-corrected chi connectivity index (χ1v) is 12.6. The van der Waals surface area contributed by atoms with Crippen LogP contribution in [0.5, 0.6) is 5.75 Å². The molecule has 3 aromatic rings. The number of rotatable bonds is 7. The molecule has 0 aliphatic rings. The highest BCUT2D eigenvalue weighted by Gasteiger charge is 2.15. The molecule has 0 saturated carbocycles. The Morgan fingerprint density at radius 3 is 2.05 bits per heavy atom. The first-order valence-electron chi connectivity index (χ1n) is 12.2. The van der Waals surface area contributed by atoms with Crippen LogP contribution in [0.1, 0.15) is 70.8 Å². The van der Waals surface area contributed by atoms with Gasteiger partial charge in [0.2, 0.25) is 0 Å². The van der Waals surface area contributed by atoms with Crippen LogP contribution < -0.4 is 26.2 Å². The Labute approximate surface area is 228 Å². The molecule has 0 unspecified atom stereocenters. The molecule has 38 heavy (non-hydrogen) atoms. The van der Waals surface area contributed by atoms with Gasteiger partial charge in [0.05, 0.1) is 6.61 Å². The number of carbonyl (C=O) groups excluding carboxylic acids is 3. The lowest BCUT2D eigenvalue weighted by atomic mass is 9.87. The topological polar surface area (TPSA) is 109 Å². The van der Waals surface area contributed by atoms with Gasteiger partial charge in [0.1, 0.15) is 5.75 Å². The number of hydrazine groups is 1. The molecular weight excluding hydrogens is 500 g/mol. The van der Waals surface area contributed by atoms with Crippen molar-refractivity contribution in [3.63, 3.8) is 0 Å². The fourth-order valence-electron chi connectivity index (χ4n) is 3.37. The second kappa shape index (κ2) is 12.8. The lowest BCUT2D eigenvalue weighted by molar-refractivity contribution is 0.0934. The Morgan fingerprint density at radius 2 is 1.42 bits per heavy atom. The van der Waals surface area contributed by atoms with Gasteiger partial charge in [-0.25, -0.2) is 0 Å². The van der Waals surface area contributed by atoms with Crippen LogP contribution in [0.15, 0.2) is 72.8 Å². The zero-order valence-corrected chi connectivity index (χ0v) is 22.7. The predicted octanol–water partition coefficient (Wildman–Crippen LogP) is 4.97. The van der Waals surface area contributed by atoms with E-state index in [0.29, 0.717) is 34.7 Å². The number of nitrogens with one attached hydrogen (secondary N) is 4. The van der Waals surface area contributed by atoms with Crippen molar-refractivity contribution in [2.45, 2.75) is 39.5 Å². The quantitative estimate of drug-likeness (QED) is 0.253. The van der Waals surface area contributed by atoms with E-state index in [1.54, 1.807) is 60.7 Å². The van der Waals surface area contributed by atoms with E-state index in [1.165, 1.54) is 0 Å². The van der Waals surface area contributed by atoms with Crippen molar-refractivity contribution in [3.05, 3.63) is 95.1 Å². The lowest BCUT2D eigenvalue weighted by Gasteiger charge is -2.19.